The van der Waals surface area contributed by atoms with Crippen LogP contribution in [0, 0.1) is 6.92 Å². The predicted octanol–water partition coefficient (Wildman–Crippen LogP) is 4.69. The topological polar surface area (TPSA) is 84.4 Å². The fourth-order valence-electron chi connectivity index (χ4n) is 4.23. The van der Waals surface area contributed by atoms with Crippen LogP contribution in [-0.2, 0) is 4.79 Å². The summed E-state index contributed by atoms with van der Waals surface area (Å²) < 4.78 is 5.61. The number of carbonyl (C=O) groups is 2. The van der Waals surface area contributed by atoms with Crippen LogP contribution in [0.3, 0.4) is 0 Å². The van der Waals surface area contributed by atoms with Gasteiger partial charge in [0.1, 0.15) is 11.4 Å². The fourth-order valence-corrected chi connectivity index (χ4v) is 5.05. The summed E-state index contributed by atoms with van der Waals surface area (Å²) in [5.74, 6) is -0.112. The Morgan fingerprint density at radius 3 is 2.67 bits per heavy atom. The third-order valence-electron chi connectivity index (χ3n) is 5.87. The molecule has 1 atom stereocenters. The van der Waals surface area contributed by atoms with E-state index in [1.54, 1.807) is 7.11 Å². The predicted molar refractivity (Wildman–Crippen MR) is 129 cm³/mol. The van der Waals surface area contributed by atoms with E-state index < -0.39 is 11.9 Å². The quantitative estimate of drug-likeness (QED) is 0.548. The van der Waals surface area contributed by atoms with Gasteiger partial charge < -0.3 is 10.1 Å². The van der Waals surface area contributed by atoms with E-state index >= 15 is 0 Å². The number of aromatic nitrogens is 2. The minimum Gasteiger partial charge on any atom is -0.495 e. The fraction of sp³-hybridized carbons (Fsp3) is 0.360. The van der Waals surface area contributed by atoms with Gasteiger partial charge in [-0.2, -0.15) is 0 Å². The standard InChI is InChI=1S/C25H28N4O3S/c1-17-10-11-21(32-2)20(15-17)29(25(31)19-16-26-12-13-27-19)23(22-9-6-14-33-22)24(30)28-18-7-4-3-5-8-18/h6,9-16,18,23H,3-5,7-8H2,1-2H3,(H,28,30). The summed E-state index contributed by atoms with van der Waals surface area (Å²) in [5.41, 5.74) is 1.62. The maximum atomic E-state index is 13.9. The summed E-state index contributed by atoms with van der Waals surface area (Å²) in [6.45, 7) is 1.94. The molecular formula is C25H28N4O3S. The Labute approximate surface area is 197 Å². The maximum absolute atomic E-state index is 13.9. The number of aryl methyl sites for hydroxylation is 1. The number of thiophene rings is 1. The van der Waals surface area contributed by atoms with E-state index in [1.165, 1.54) is 41.2 Å². The lowest BCUT2D eigenvalue weighted by Crippen LogP contribution is -2.47. The van der Waals surface area contributed by atoms with Gasteiger partial charge in [0.05, 0.1) is 19.0 Å². The molecule has 172 valence electrons. The van der Waals surface area contributed by atoms with E-state index in [4.69, 9.17) is 4.74 Å². The largest absolute Gasteiger partial charge is 0.495 e. The number of hydrogen-bond donors (Lipinski definition) is 1. The van der Waals surface area contributed by atoms with Crippen LogP contribution < -0.4 is 15.0 Å². The molecule has 1 aliphatic carbocycles. The number of ether oxygens (including phenoxy) is 1. The van der Waals surface area contributed by atoms with Gasteiger partial charge >= 0.3 is 0 Å². The number of nitrogens with zero attached hydrogens (tertiary/aromatic N) is 3. The summed E-state index contributed by atoms with van der Waals surface area (Å²) in [6, 6.07) is 8.61. The maximum Gasteiger partial charge on any atom is 0.279 e. The van der Waals surface area contributed by atoms with Gasteiger partial charge in [-0.1, -0.05) is 31.4 Å². The van der Waals surface area contributed by atoms with E-state index in [-0.39, 0.29) is 17.6 Å². The van der Waals surface area contributed by atoms with Crippen molar-refractivity contribution >= 4 is 28.8 Å². The molecule has 0 spiro atoms. The first-order valence-electron chi connectivity index (χ1n) is 11.2. The molecule has 2 heterocycles. The molecule has 0 bridgehead atoms. The minimum absolute atomic E-state index is 0.113. The molecule has 3 aromatic rings. The summed E-state index contributed by atoms with van der Waals surface area (Å²) >= 11 is 1.44. The Balaban J connectivity index is 1.82. The lowest BCUT2D eigenvalue weighted by molar-refractivity contribution is -0.123. The molecule has 1 fully saturated rings. The van der Waals surface area contributed by atoms with Gasteiger partial charge in [-0.3, -0.25) is 19.5 Å². The summed E-state index contributed by atoms with van der Waals surface area (Å²) in [6.07, 6.45) is 9.71. The zero-order valence-electron chi connectivity index (χ0n) is 18.9. The molecule has 2 amide bonds. The Morgan fingerprint density at radius 2 is 2.00 bits per heavy atom. The Hall–Kier alpha value is -3.26. The number of methoxy groups -OCH3 is 1. The van der Waals surface area contributed by atoms with Gasteiger partial charge in [-0.05, 0) is 48.9 Å². The third kappa shape index (κ3) is 5.22. The lowest BCUT2D eigenvalue weighted by Gasteiger charge is -2.33. The van der Waals surface area contributed by atoms with Crippen molar-refractivity contribution in [2.24, 2.45) is 0 Å². The van der Waals surface area contributed by atoms with Crippen LogP contribution in [0.15, 0.2) is 54.3 Å². The minimum atomic E-state index is -0.864. The van der Waals surface area contributed by atoms with Gasteiger partial charge in [0.2, 0.25) is 5.91 Å². The van der Waals surface area contributed by atoms with Crippen LogP contribution in [0.5, 0.6) is 5.75 Å². The third-order valence-corrected chi connectivity index (χ3v) is 6.79. The smallest absolute Gasteiger partial charge is 0.279 e. The Kier molecular flexibility index (Phi) is 7.34. The highest BCUT2D eigenvalue weighted by molar-refractivity contribution is 7.10. The SMILES string of the molecule is COc1ccc(C)cc1N(C(=O)c1cnccn1)C(C(=O)NC1CCCCC1)c1cccs1. The first-order chi connectivity index (χ1) is 16.1. The van der Waals surface area contributed by atoms with Crippen LogP contribution in [0.2, 0.25) is 0 Å². The monoisotopic (exact) mass is 464 g/mol. The van der Waals surface area contributed by atoms with Crippen LogP contribution in [0.1, 0.15) is 59.1 Å². The van der Waals surface area contributed by atoms with Crippen molar-refractivity contribution < 1.29 is 14.3 Å². The second-order valence-corrected chi connectivity index (χ2v) is 9.18. The second kappa shape index (κ2) is 10.6. The lowest BCUT2D eigenvalue weighted by atomic mass is 9.95. The molecule has 1 aromatic carbocycles. The van der Waals surface area contributed by atoms with Crippen molar-refractivity contribution in [3.05, 3.63) is 70.4 Å². The van der Waals surface area contributed by atoms with Crippen molar-refractivity contribution in [3.63, 3.8) is 0 Å². The van der Waals surface area contributed by atoms with Crippen LogP contribution in [-0.4, -0.2) is 34.9 Å². The first-order valence-corrected chi connectivity index (χ1v) is 12.0. The molecular weight excluding hydrogens is 436 g/mol. The van der Waals surface area contributed by atoms with Crippen molar-refractivity contribution in [1.29, 1.82) is 0 Å². The number of nitrogens with one attached hydrogen (secondary N) is 1. The highest BCUT2D eigenvalue weighted by Gasteiger charge is 2.37. The van der Waals surface area contributed by atoms with E-state index in [2.05, 4.69) is 15.3 Å². The Morgan fingerprint density at radius 1 is 1.18 bits per heavy atom. The van der Waals surface area contributed by atoms with Gasteiger partial charge in [-0.15, -0.1) is 11.3 Å². The van der Waals surface area contributed by atoms with E-state index in [9.17, 15) is 9.59 Å². The molecule has 7 nitrogen and oxygen atoms in total. The second-order valence-electron chi connectivity index (χ2n) is 8.20. The molecule has 0 radical (unpaired) electrons. The van der Waals surface area contributed by atoms with Gasteiger partial charge in [0, 0.05) is 23.3 Å². The molecule has 33 heavy (non-hydrogen) atoms. The highest BCUT2D eigenvalue weighted by Crippen LogP contribution is 2.38. The summed E-state index contributed by atoms with van der Waals surface area (Å²) in [5, 5.41) is 5.12. The zero-order valence-corrected chi connectivity index (χ0v) is 19.7. The van der Waals surface area contributed by atoms with E-state index in [0.717, 1.165) is 36.1 Å². The number of hydrogen-bond acceptors (Lipinski definition) is 6. The summed E-state index contributed by atoms with van der Waals surface area (Å²) in [7, 11) is 1.56. The van der Waals surface area contributed by atoms with Crippen molar-refractivity contribution in [2.45, 2.75) is 51.1 Å². The van der Waals surface area contributed by atoms with Crippen molar-refractivity contribution in [1.82, 2.24) is 15.3 Å². The van der Waals surface area contributed by atoms with E-state index in [1.807, 2.05) is 42.6 Å². The zero-order chi connectivity index (χ0) is 23.2. The van der Waals surface area contributed by atoms with Gasteiger partial charge in [0.15, 0.2) is 6.04 Å². The number of anilines is 1. The average Bonchev–Trinajstić information content (AvgIpc) is 3.37. The molecule has 8 heteroatoms. The number of carbonyl (C=O) groups excluding carboxylic acids is 2. The average molecular weight is 465 g/mol. The molecule has 1 aliphatic rings. The normalized spacial score (nSPS) is 15.0. The van der Waals surface area contributed by atoms with Gasteiger partial charge in [0.25, 0.3) is 5.91 Å². The molecule has 0 aliphatic heterocycles. The molecule has 1 N–H and O–H groups in total. The highest BCUT2D eigenvalue weighted by atomic mass is 32.1. The molecule has 1 unspecified atom stereocenters. The van der Waals surface area contributed by atoms with Crippen LogP contribution in [0.4, 0.5) is 5.69 Å². The van der Waals surface area contributed by atoms with Gasteiger partial charge in [-0.25, -0.2) is 4.98 Å². The van der Waals surface area contributed by atoms with Crippen LogP contribution in [0.25, 0.3) is 0 Å². The van der Waals surface area contributed by atoms with E-state index in [0.29, 0.717) is 11.4 Å². The molecule has 0 saturated heterocycles. The Bertz CT molecular complexity index is 1080. The summed E-state index contributed by atoms with van der Waals surface area (Å²) in [4.78, 5) is 38.2. The number of rotatable bonds is 7. The first kappa shape index (κ1) is 22.9. The van der Waals surface area contributed by atoms with Crippen molar-refractivity contribution in [2.75, 3.05) is 12.0 Å². The molecule has 2 aromatic heterocycles. The van der Waals surface area contributed by atoms with Crippen molar-refractivity contribution in [3.8, 4) is 5.75 Å². The molecule has 1 saturated carbocycles. The number of benzene rings is 1. The number of amides is 2. The van der Waals surface area contributed by atoms with Crippen LogP contribution >= 0.6 is 11.3 Å². The molecule has 4 rings (SSSR count).